The zero-order valence-electron chi connectivity index (χ0n) is 11.8. The van der Waals surface area contributed by atoms with Crippen LogP contribution in [0.3, 0.4) is 0 Å². The standard InChI is InChI=1S/C13H21N5O/c1-9(13(2,3)4)14-7-11(19)10-5-6-12-15-16-17-18(12)8-10/h5-6,8-9,11,14,19H,7H2,1-4H3/t9?,11-/m0/s1. The molecule has 0 saturated heterocycles. The lowest BCUT2D eigenvalue weighted by molar-refractivity contribution is 0.157. The number of tetrazole rings is 1. The fourth-order valence-electron chi connectivity index (χ4n) is 1.67. The lowest BCUT2D eigenvalue weighted by atomic mass is 9.88. The van der Waals surface area contributed by atoms with Gasteiger partial charge in [-0.2, -0.15) is 0 Å². The number of pyridine rings is 1. The van der Waals surface area contributed by atoms with Crippen LogP contribution in [0.25, 0.3) is 5.65 Å². The third kappa shape index (κ3) is 3.27. The van der Waals surface area contributed by atoms with Crippen LogP contribution < -0.4 is 5.32 Å². The van der Waals surface area contributed by atoms with Gasteiger partial charge in [0, 0.05) is 24.3 Å². The molecule has 0 bridgehead atoms. The molecule has 6 nitrogen and oxygen atoms in total. The number of fused-ring (bicyclic) bond motifs is 1. The zero-order chi connectivity index (χ0) is 14.0. The van der Waals surface area contributed by atoms with Crippen LogP contribution >= 0.6 is 0 Å². The minimum Gasteiger partial charge on any atom is -0.387 e. The molecule has 2 heterocycles. The highest BCUT2D eigenvalue weighted by Crippen LogP contribution is 2.19. The van der Waals surface area contributed by atoms with Crippen molar-refractivity contribution in [2.45, 2.75) is 39.8 Å². The molecule has 0 aliphatic heterocycles. The lowest BCUT2D eigenvalue weighted by Gasteiger charge is -2.29. The van der Waals surface area contributed by atoms with Gasteiger partial charge in [-0.1, -0.05) is 26.8 Å². The Bertz CT molecular complexity index is 545. The van der Waals surface area contributed by atoms with E-state index in [4.69, 9.17) is 0 Å². The van der Waals surface area contributed by atoms with Crippen molar-refractivity contribution in [3.05, 3.63) is 23.9 Å². The Morgan fingerprint density at radius 2 is 2.11 bits per heavy atom. The summed E-state index contributed by atoms with van der Waals surface area (Å²) in [4.78, 5) is 0. The summed E-state index contributed by atoms with van der Waals surface area (Å²) in [5.74, 6) is 0. The second-order valence-electron chi connectivity index (χ2n) is 5.96. The van der Waals surface area contributed by atoms with Gasteiger partial charge in [0.25, 0.3) is 0 Å². The van der Waals surface area contributed by atoms with E-state index in [1.54, 1.807) is 16.8 Å². The fourth-order valence-corrected chi connectivity index (χ4v) is 1.67. The van der Waals surface area contributed by atoms with Gasteiger partial charge >= 0.3 is 0 Å². The Kier molecular flexibility index (Phi) is 3.82. The van der Waals surface area contributed by atoms with Crippen LogP contribution in [0.15, 0.2) is 18.3 Å². The van der Waals surface area contributed by atoms with Gasteiger partial charge in [-0.05, 0) is 28.8 Å². The van der Waals surface area contributed by atoms with E-state index in [-0.39, 0.29) is 5.41 Å². The highest BCUT2D eigenvalue weighted by atomic mass is 16.3. The summed E-state index contributed by atoms with van der Waals surface area (Å²) in [5, 5.41) is 24.8. The average Bonchev–Trinajstić information content (AvgIpc) is 2.81. The number of hydrogen-bond acceptors (Lipinski definition) is 5. The maximum atomic E-state index is 10.2. The number of hydrogen-bond donors (Lipinski definition) is 2. The molecule has 104 valence electrons. The topological polar surface area (TPSA) is 75.3 Å². The molecule has 2 aromatic rings. The van der Waals surface area contributed by atoms with E-state index in [9.17, 15) is 5.11 Å². The minimum absolute atomic E-state index is 0.166. The van der Waals surface area contributed by atoms with E-state index < -0.39 is 6.10 Å². The summed E-state index contributed by atoms with van der Waals surface area (Å²) in [7, 11) is 0. The molecule has 0 aliphatic rings. The van der Waals surface area contributed by atoms with Crippen molar-refractivity contribution >= 4 is 5.65 Å². The molecular weight excluding hydrogens is 242 g/mol. The molecule has 0 radical (unpaired) electrons. The molecule has 2 aromatic heterocycles. The third-order valence-corrected chi connectivity index (χ3v) is 3.52. The zero-order valence-corrected chi connectivity index (χ0v) is 11.8. The molecule has 1 unspecified atom stereocenters. The Morgan fingerprint density at radius 3 is 2.79 bits per heavy atom. The van der Waals surface area contributed by atoms with Crippen molar-refractivity contribution in [2.24, 2.45) is 5.41 Å². The first-order chi connectivity index (χ1) is 8.88. The largest absolute Gasteiger partial charge is 0.387 e. The molecule has 0 spiro atoms. The van der Waals surface area contributed by atoms with Crippen LogP contribution in [-0.2, 0) is 0 Å². The summed E-state index contributed by atoms with van der Waals surface area (Å²) >= 11 is 0. The maximum Gasteiger partial charge on any atom is 0.179 e. The number of aliphatic hydroxyl groups excluding tert-OH is 1. The number of aliphatic hydroxyl groups is 1. The molecule has 0 amide bonds. The van der Waals surface area contributed by atoms with Crippen molar-refractivity contribution in [3.8, 4) is 0 Å². The van der Waals surface area contributed by atoms with Crippen LogP contribution in [0, 0.1) is 5.41 Å². The van der Waals surface area contributed by atoms with E-state index in [1.807, 2.05) is 6.07 Å². The summed E-state index contributed by atoms with van der Waals surface area (Å²) in [6, 6.07) is 3.96. The van der Waals surface area contributed by atoms with Crippen molar-refractivity contribution in [1.29, 1.82) is 0 Å². The normalized spacial score (nSPS) is 15.6. The summed E-state index contributed by atoms with van der Waals surface area (Å²) in [5.41, 5.74) is 1.64. The monoisotopic (exact) mass is 263 g/mol. The van der Waals surface area contributed by atoms with Crippen LogP contribution in [-0.4, -0.2) is 37.7 Å². The molecule has 0 fully saturated rings. The van der Waals surface area contributed by atoms with Gasteiger partial charge in [0.2, 0.25) is 0 Å². The Hall–Kier alpha value is -1.53. The number of nitrogens with zero attached hydrogens (tertiary/aromatic N) is 4. The van der Waals surface area contributed by atoms with E-state index >= 15 is 0 Å². The van der Waals surface area contributed by atoms with E-state index in [2.05, 4.69) is 48.5 Å². The summed E-state index contributed by atoms with van der Waals surface area (Å²) in [6.45, 7) is 9.14. The Labute approximate surface area is 112 Å². The second-order valence-corrected chi connectivity index (χ2v) is 5.96. The van der Waals surface area contributed by atoms with Gasteiger partial charge in [0.05, 0.1) is 6.10 Å². The van der Waals surface area contributed by atoms with Gasteiger partial charge in [0.15, 0.2) is 5.65 Å². The predicted molar refractivity (Wildman–Crippen MR) is 72.7 cm³/mol. The van der Waals surface area contributed by atoms with E-state index in [1.165, 1.54) is 0 Å². The second kappa shape index (κ2) is 5.22. The minimum atomic E-state index is -0.571. The third-order valence-electron chi connectivity index (χ3n) is 3.52. The Balaban J connectivity index is 2.01. The fraction of sp³-hybridized carbons (Fsp3) is 0.615. The maximum absolute atomic E-state index is 10.2. The lowest BCUT2D eigenvalue weighted by Crippen LogP contribution is -2.39. The van der Waals surface area contributed by atoms with Crippen molar-refractivity contribution in [2.75, 3.05) is 6.54 Å². The first-order valence-electron chi connectivity index (χ1n) is 6.47. The van der Waals surface area contributed by atoms with Crippen LogP contribution in [0.5, 0.6) is 0 Å². The van der Waals surface area contributed by atoms with Gasteiger partial charge in [-0.15, -0.1) is 5.10 Å². The molecule has 2 atom stereocenters. The smallest absolute Gasteiger partial charge is 0.179 e. The summed E-state index contributed by atoms with van der Waals surface area (Å²) < 4.78 is 1.56. The van der Waals surface area contributed by atoms with Crippen LogP contribution in [0.4, 0.5) is 0 Å². The van der Waals surface area contributed by atoms with Crippen LogP contribution in [0.2, 0.25) is 0 Å². The summed E-state index contributed by atoms with van der Waals surface area (Å²) in [6.07, 6.45) is 1.18. The van der Waals surface area contributed by atoms with Crippen LogP contribution in [0.1, 0.15) is 39.4 Å². The van der Waals surface area contributed by atoms with E-state index in [0.717, 1.165) is 5.56 Å². The molecule has 2 N–H and O–H groups in total. The van der Waals surface area contributed by atoms with Gasteiger partial charge < -0.3 is 10.4 Å². The molecule has 0 aromatic carbocycles. The van der Waals surface area contributed by atoms with Gasteiger partial charge in [-0.3, -0.25) is 0 Å². The van der Waals surface area contributed by atoms with Gasteiger partial charge in [0.1, 0.15) is 0 Å². The number of aromatic nitrogens is 4. The van der Waals surface area contributed by atoms with Crippen molar-refractivity contribution in [1.82, 2.24) is 25.4 Å². The molecule has 2 rings (SSSR count). The molecule has 0 aliphatic carbocycles. The molecule has 19 heavy (non-hydrogen) atoms. The van der Waals surface area contributed by atoms with Crippen molar-refractivity contribution < 1.29 is 5.11 Å². The SMILES string of the molecule is CC(NC[C@H](O)c1ccc2nnnn2c1)C(C)(C)C. The predicted octanol–water partition coefficient (Wildman–Crippen LogP) is 1.18. The quantitative estimate of drug-likeness (QED) is 0.866. The van der Waals surface area contributed by atoms with E-state index in [0.29, 0.717) is 18.2 Å². The number of nitrogens with one attached hydrogen (secondary N) is 1. The highest BCUT2D eigenvalue weighted by molar-refractivity contribution is 5.36. The van der Waals surface area contributed by atoms with Gasteiger partial charge in [-0.25, -0.2) is 4.52 Å². The first kappa shape index (κ1) is 13.9. The molecular formula is C13H21N5O. The average molecular weight is 263 g/mol. The molecule has 6 heteroatoms. The first-order valence-corrected chi connectivity index (χ1v) is 6.47. The highest BCUT2D eigenvalue weighted by Gasteiger charge is 2.20. The molecule has 0 saturated carbocycles. The number of rotatable bonds is 4. The Morgan fingerprint density at radius 1 is 1.37 bits per heavy atom. The van der Waals surface area contributed by atoms with Crippen molar-refractivity contribution in [3.63, 3.8) is 0 Å².